The van der Waals surface area contributed by atoms with Crippen molar-refractivity contribution in [3.05, 3.63) is 45.4 Å². The lowest BCUT2D eigenvalue weighted by Gasteiger charge is -2.09. The van der Waals surface area contributed by atoms with Crippen molar-refractivity contribution < 1.29 is 14.7 Å². The molecule has 1 aliphatic heterocycles. The number of nitrogens with one attached hydrogen (secondary N) is 1. The molecule has 9 nitrogen and oxygen atoms in total. The molecular weight excluding hydrogens is 338 g/mol. The Morgan fingerprint density at radius 3 is 2.81 bits per heavy atom. The first kappa shape index (κ1) is 17.8. The summed E-state index contributed by atoms with van der Waals surface area (Å²) in [6, 6.07) is 2.76. The highest BCUT2D eigenvalue weighted by Crippen LogP contribution is 2.09. The first-order valence-electron chi connectivity index (χ1n) is 8.63. The maximum atomic E-state index is 12.2. The molecule has 0 radical (unpaired) electrons. The first-order chi connectivity index (χ1) is 12.5. The molecule has 0 fully saturated rings. The summed E-state index contributed by atoms with van der Waals surface area (Å²) < 4.78 is 3.18. The zero-order valence-electron chi connectivity index (χ0n) is 14.6. The second kappa shape index (κ2) is 7.51. The van der Waals surface area contributed by atoms with Crippen LogP contribution in [0.5, 0.6) is 0 Å². The molecule has 138 valence electrons. The molecule has 0 aromatic carbocycles. The van der Waals surface area contributed by atoms with Gasteiger partial charge in [-0.3, -0.25) is 9.36 Å². The van der Waals surface area contributed by atoms with Crippen molar-refractivity contribution in [2.75, 3.05) is 6.54 Å². The molecule has 3 heterocycles. The molecule has 2 N–H and O–H groups in total. The molecule has 0 aliphatic carbocycles. The Hall–Kier alpha value is -2.97. The van der Waals surface area contributed by atoms with E-state index in [1.807, 2.05) is 0 Å². The molecule has 2 aromatic heterocycles. The summed E-state index contributed by atoms with van der Waals surface area (Å²) in [5.41, 5.74) is 0.444. The Bertz CT molecular complexity index is 899. The number of carboxylic acids is 1. The van der Waals surface area contributed by atoms with Crippen LogP contribution in [0, 0.1) is 6.92 Å². The highest BCUT2D eigenvalue weighted by Gasteiger charge is 2.16. The van der Waals surface area contributed by atoms with Crippen LogP contribution in [0.25, 0.3) is 0 Å². The largest absolute Gasteiger partial charge is 0.478 e. The van der Waals surface area contributed by atoms with Crippen molar-refractivity contribution in [2.24, 2.45) is 0 Å². The van der Waals surface area contributed by atoms with Crippen LogP contribution in [0.15, 0.2) is 16.9 Å². The number of fused-ring (bicyclic) bond motifs is 1. The minimum atomic E-state index is -1.07. The van der Waals surface area contributed by atoms with Gasteiger partial charge in [0.15, 0.2) is 0 Å². The zero-order valence-corrected chi connectivity index (χ0v) is 14.6. The molecule has 0 bridgehead atoms. The maximum absolute atomic E-state index is 12.2. The van der Waals surface area contributed by atoms with Crippen LogP contribution in [0.3, 0.4) is 0 Å². The van der Waals surface area contributed by atoms with Crippen LogP contribution in [0.1, 0.15) is 51.6 Å². The van der Waals surface area contributed by atoms with E-state index < -0.39 is 5.97 Å². The lowest BCUT2D eigenvalue weighted by atomic mass is 10.2. The SMILES string of the molecule is Cc1nc(C(=O)NCCCn2nc3n(c2=O)CCCC3)ccc1C(=O)O. The standard InChI is InChI=1S/C17H21N5O4/c1-11-12(16(24)25)6-7-13(19-11)15(23)18-8-4-10-22-17(26)21-9-3-2-5-14(21)20-22/h6-7H,2-5,8-10H2,1H3,(H,18,23)(H,24,25). The second-order valence-electron chi connectivity index (χ2n) is 6.27. The van der Waals surface area contributed by atoms with Gasteiger partial charge in [0.1, 0.15) is 11.5 Å². The normalized spacial score (nSPS) is 13.3. The summed E-state index contributed by atoms with van der Waals surface area (Å²) in [6.07, 6.45) is 3.45. The van der Waals surface area contributed by atoms with Gasteiger partial charge in [0.2, 0.25) is 0 Å². The number of hydrogen-bond donors (Lipinski definition) is 2. The fourth-order valence-corrected chi connectivity index (χ4v) is 3.03. The van der Waals surface area contributed by atoms with Crippen molar-refractivity contribution in [1.29, 1.82) is 0 Å². The molecule has 0 atom stereocenters. The molecule has 0 saturated carbocycles. The Kier molecular flexibility index (Phi) is 5.15. The van der Waals surface area contributed by atoms with Crippen molar-refractivity contribution in [3.8, 4) is 0 Å². The van der Waals surface area contributed by atoms with Gasteiger partial charge in [0, 0.05) is 26.1 Å². The Balaban J connectivity index is 1.53. The molecule has 1 amide bonds. The number of pyridine rings is 1. The molecular formula is C17H21N5O4. The monoisotopic (exact) mass is 359 g/mol. The number of nitrogens with zero attached hydrogens (tertiary/aromatic N) is 4. The summed E-state index contributed by atoms with van der Waals surface area (Å²) in [6.45, 7) is 3.08. The van der Waals surface area contributed by atoms with Gasteiger partial charge in [-0.05, 0) is 38.3 Å². The summed E-state index contributed by atoms with van der Waals surface area (Å²) in [4.78, 5) is 39.3. The number of carbonyl (C=O) groups is 2. The van der Waals surface area contributed by atoms with Crippen LogP contribution in [0.4, 0.5) is 0 Å². The van der Waals surface area contributed by atoms with Crippen LogP contribution in [0.2, 0.25) is 0 Å². The van der Waals surface area contributed by atoms with E-state index in [0.29, 0.717) is 25.2 Å². The number of aryl methyl sites for hydroxylation is 3. The third-order valence-electron chi connectivity index (χ3n) is 4.41. The predicted molar refractivity (Wildman–Crippen MR) is 92.3 cm³/mol. The first-order valence-corrected chi connectivity index (χ1v) is 8.63. The van der Waals surface area contributed by atoms with E-state index in [2.05, 4.69) is 15.4 Å². The third kappa shape index (κ3) is 3.66. The minimum absolute atomic E-state index is 0.0738. The van der Waals surface area contributed by atoms with Crippen LogP contribution in [-0.4, -0.2) is 42.9 Å². The van der Waals surface area contributed by atoms with Crippen molar-refractivity contribution >= 4 is 11.9 Å². The summed E-state index contributed by atoms with van der Waals surface area (Å²) in [7, 11) is 0. The number of hydrogen-bond acceptors (Lipinski definition) is 5. The van der Waals surface area contributed by atoms with Crippen molar-refractivity contribution in [2.45, 2.75) is 45.7 Å². The predicted octanol–water partition coefficient (Wildman–Crippen LogP) is 0.603. The van der Waals surface area contributed by atoms with Gasteiger partial charge < -0.3 is 10.4 Å². The average Bonchev–Trinajstić information content (AvgIpc) is 2.94. The van der Waals surface area contributed by atoms with Gasteiger partial charge in [-0.2, -0.15) is 5.10 Å². The van der Waals surface area contributed by atoms with Crippen LogP contribution >= 0.6 is 0 Å². The second-order valence-corrected chi connectivity index (χ2v) is 6.27. The minimum Gasteiger partial charge on any atom is -0.478 e. The number of carbonyl (C=O) groups excluding carboxylic acids is 1. The molecule has 9 heteroatoms. The fraction of sp³-hybridized carbons (Fsp3) is 0.471. The topological polar surface area (TPSA) is 119 Å². The van der Waals surface area contributed by atoms with E-state index >= 15 is 0 Å². The van der Waals surface area contributed by atoms with Gasteiger partial charge in [-0.15, -0.1) is 0 Å². The van der Waals surface area contributed by atoms with Gasteiger partial charge in [-0.25, -0.2) is 19.3 Å². The van der Waals surface area contributed by atoms with E-state index in [9.17, 15) is 14.4 Å². The van der Waals surface area contributed by atoms with Gasteiger partial charge in [-0.1, -0.05) is 0 Å². The lowest BCUT2D eigenvalue weighted by molar-refractivity contribution is 0.0694. The summed E-state index contributed by atoms with van der Waals surface area (Å²) >= 11 is 0. The Morgan fingerprint density at radius 1 is 1.31 bits per heavy atom. The van der Waals surface area contributed by atoms with Gasteiger partial charge in [0.25, 0.3) is 5.91 Å². The van der Waals surface area contributed by atoms with E-state index in [0.717, 1.165) is 31.6 Å². The molecule has 0 unspecified atom stereocenters. The highest BCUT2D eigenvalue weighted by molar-refractivity contribution is 5.94. The Morgan fingerprint density at radius 2 is 2.12 bits per heavy atom. The number of aromatic nitrogens is 4. The van der Waals surface area contributed by atoms with Crippen LogP contribution in [-0.2, 0) is 19.5 Å². The van der Waals surface area contributed by atoms with Crippen molar-refractivity contribution in [1.82, 2.24) is 24.6 Å². The fourth-order valence-electron chi connectivity index (χ4n) is 3.03. The van der Waals surface area contributed by atoms with Crippen molar-refractivity contribution in [3.63, 3.8) is 0 Å². The molecule has 0 saturated heterocycles. The van der Waals surface area contributed by atoms with Gasteiger partial charge in [0.05, 0.1) is 11.3 Å². The maximum Gasteiger partial charge on any atom is 0.345 e. The smallest absolute Gasteiger partial charge is 0.345 e. The zero-order chi connectivity index (χ0) is 18.7. The number of aromatic carboxylic acids is 1. The number of rotatable bonds is 6. The molecule has 1 aliphatic rings. The quantitative estimate of drug-likeness (QED) is 0.729. The molecule has 0 spiro atoms. The summed E-state index contributed by atoms with van der Waals surface area (Å²) in [5.74, 6) is -0.611. The molecule has 26 heavy (non-hydrogen) atoms. The molecule has 2 aromatic rings. The Labute approximate surface area is 149 Å². The number of amides is 1. The number of carboxylic acid groups (broad SMARTS) is 1. The van der Waals surface area contributed by atoms with E-state index in [1.54, 1.807) is 11.5 Å². The van der Waals surface area contributed by atoms with E-state index in [4.69, 9.17) is 5.11 Å². The summed E-state index contributed by atoms with van der Waals surface area (Å²) in [5, 5.41) is 16.1. The van der Waals surface area contributed by atoms with E-state index in [1.165, 1.54) is 16.8 Å². The lowest BCUT2D eigenvalue weighted by Crippen LogP contribution is -2.29. The average molecular weight is 359 g/mol. The van der Waals surface area contributed by atoms with E-state index in [-0.39, 0.29) is 22.9 Å². The molecule has 3 rings (SSSR count). The van der Waals surface area contributed by atoms with Gasteiger partial charge >= 0.3 is 11.7 Å². The highest BCUT2D eigenvalue weighted by atomic mass is 16.4. The third-order valence-corrected chi connectivity index (χ3v) is 4.41. The van der Waals surface area contributed by atoms with Crippen LogP contribution < -0.4 is 11.0 Å².